The molecule has 0 radical (unpaired) electrons. The van der Waals surface area contributed by atoms with E-state index in [1.165, 1.54) is 19.3 Å². The molecule has 0 nitrogen and oxygen atoms in total. The molecule has 0 spiro atoms. The minimum Gasteiger partial charge on any atom is -0.121 e. The number of rotatable bonds is 3. The van der Waals surface area contributed by atoms with Gasteiger partial charge in [0.1, 0.15) is 0 Å². The standard InChI is InChI=1S/C10H15Cl6PSi2/c11-18(12,13)17(19(14,15)16)10-4-7-1-8(5-10)3-9(2-7)6-10/h7-9H,1-6H2. The van der Waals surface area contributed by atoms with E-state index >= 15 is 0 Å². The van der Waals surface area contributed by atoms with Gasteiger partial charge in [0.2, 0.25) is 0 Å². The molecule has 19 heavy (non-hydrogen) atoms. The molecule has 4 aliphatic carbocycles. The monoisotopic (exact) mass is 432 g/mol. The van der Waals surface area contributed by atoms with Crippen LogP contribution in [0.15, 0.2) is 0 Å². The van der Waals surface area contributed by atoms with Crippen LogP contribution in [0.1, 0.15) is 38.5 Å². The van der Waals surface area contributed by atoms with Crippen molar-refractivity contribution in [3.63, 3.8) is 0 Å². The van der Waals surface area contributed by atoms with Crippen LogP contribution >= 0.6 is 73.5 Å². The van der Waals surface area contributed by atoms with Crippen molar-refractivity contribution in [2.24, 2.45) is 17.8 Å². The Morgan fingerprint density at radius 3 is 1.26 bits per heavy atom. The maximum absolute atomic E-state index is 6.40. The summed E-state index contributed by atoms with van der Waals surface area (Å²) in [7, 11) is -1.05. The molecule has 0 aromatic carbocycles. The lowest BCUT2D eigenvalue weighted by molar-refractivity contribution is 0.0369. The fourth-order valence-corrected chi connectivity index (χ4v) is 56.8. The summed E-state index contributed by atoms with van der Waals surface area (Å²) in [6.07, 6.45) is 7.49. The Hall–Kier alpha value is 2.60. The van der Waals surface area contributed by atoms with Gasteiger partial charge in [-0.3, -0.25) is 0 Å². The number of halogens is 6. The Labute approximate surface area is 145 Å². The summed E-state index contributed by atoms with van der Waals surface area (Å²) in [5.74, 6) is 2.37. The molecule has 4 fully saturated rings. The third kappa shape index (κ3) is 3.15. The highest BCUT2D eigenvalue weighted by molar-refractivity contribution is 8.44. The van der Waals surface area contributed by atoms with Crippen molar-refractivity contribution in [1.82, 2.24) is 0 Å². The molecule has 0 heterocycles. The van der Waals surface area contributed by atoms with Gasteiger partial charge in [-0.05, 0) is 68.5 Å². The van der Waals surface area contributed by atoms with Crippen LogP contribution < -0.4 is 0 Å². The van der Waals surface area contributed by atoms with E-state index in [-0.39, 0.29) is 5.16 Å². The van der Waals surface area contributed by atoms with Crippen molar-refractivity contribution in [3.05, 3.63) is 0 Å². The lowest BCUT2D eigenvalue weighted by Crippen LogP contribution is -2.53. The van der Waals surface area contributed by atoms with E-state index < -0.39 is 18.4 Å². The number of hydrogen-bond acceptors (Lipinski definition) is 0. The highest BCUT2D eigenvalue weighted by Gasteiger charge is 2.65. The van der Waals surface area contributed by atoms with Crippen LogP contribution in [0.4, 0.5) is 0 Å². The predicted octanol–water partition coefficient (Wildman–Crippen LogP) is 6.74. The lowest BCUT2D eigenvalue weighted by atomic mass is 9.56. The van der Waals surface area contributed by atoms with E-state index in [1.54, 1.807) is 0 Å². The van der Waals surface area contributed by atoms with Crippen LogP contribution in [-0.2, 0) is 0 Å². The molecular weight excluding hydrogens is 420 g/mol. The van der Waals surface area contributed by atoms with Gasteiger partial charge in [0.25, 0.3) is 0 Å². The summed E-state index contributed by atoms with van der Waals surface area (Å²) in [6.45, 7) is 0. The van der Waals surface area contributed by atoms with Crippen molar-refractivity contribution in [2.75, 3.05) is 0 Å². The second-order valence-corrected chi connectivity index (χ2v) is 36.4. The quantitative estimate of drug-likeness (QED) is 0.262. The highest BCUT2D eigenvalue weighted by atomic mass is 35.9. The summed E-state index contributed by atoms with van der Waals surface area (Å²) in [6, 6.07) is 0. The zero-order valence-corrected chi connectivity index (χ0v) is 17.6. The third-order valence-corrected chi connectivity index (χ3v) is 36.2. The van der Waals surface area contributed by atoms with Gasteiger partial charge in [-0.1, -0.05) is 0 Å². The Kier molecular flexibility index (Phi) is 4.60. The van der Waals surface area contributed by atoms with Crippen LogP contribution in [0.25, 0.3) is 0 Å². The van der Waals surface area contributed by atoms with Gasteiger partial charge in [-0.2, -0.15) is 0 Å². The van der Waals surface area contributed by atoms with Gasteiger partial charge in [-0.25, -0.2) is 0 Å². The van der Waals surface area contributed by atoms with Gasteiger partial charge >= 0.3 is 11.3 Å². The van der Waals surface area contributed by atoms with Crippen molar-refractivity contribution in [1.29, 1.82) is 0 Å². The first-order valence-corrected chi connectivity index (χ1v) is 19.6. The Balaban J connectivity index is 1.98. The average molecular weight is 435 g/mol. The Morgan fingerprint density at radius 2 is 1.00 bits per heavy atom. The van der Waals surface area contributed by atoms with Crippen LogP contribution in [0.5, 0.6) is 0 Å². The molecule has 9 heteroatoms. The van der Waals surface area contributed by atoms with Crippen molar-refractivity contribution in [2.45, 2.75) is 43.7 Å². The fourth-order valence-electron chi connectivity index (χ4n) is 5.02. The minimum atomic E-state index is -2.96. The zero-order valence-electron chi connectivity index (χ0n) is 10.2. The largest absolute Gasteiger partial charge is 0.366 e. The molecule has 0 aromatic heterocycles. The molecular formula is C10H15Cl6PSi2. The predicted molar refractivity (Wildman–Crippen MR) is 94.4 cm³/mol. The van der Waals surface area contributed by atoms with E-state index in [4.69, 9.17) is 66.5 Å². The summed E-state index contributed by atoms with van der Waals surface area (Å²) >= 11 is 38.4. The summed E-state index contributed by atoms with van der Waals surface area (Å²) in [4.78, 5) is 0. The highest BCUT2D eigenvalue weighted by Crippen LogP contribution is 2.79. The zero-order chi connectivity index (χ0) is 14.1. The van der Waals surface area contributed by atoms with E-state index in [1.807, 2.05) is 0 Å². The first kappa shape index (κ1) is 16.5. The molecule has 4 saturated carbocycles. The van der Waals surface area contributed by atoms with E-state index in [9.17, 15) is 0 Å². The van der Waals surface area contributed by atoms with Gasteiger partial charge in [0, 0.05) is 0 Å². The lowest BCUT2D eigenvalue weighted by Gasteiger charge is -2.61. The summed E-state index contributed by atoms with van der Waals surface area (Å²) in [5, 5.41) is 0.0824. The summed E-state index contributed by atoms with van der Waals surface area (Å²) < 4.78 is 0. The fraction of sp³-hybridized carbons (Fsp3) is 1.00. The second kappa shape index (κ2) is 5.31. The molecule has 0 N–H and O–H groups in total. The topological polar surface area (TPSA) is 0 Å². The first-order chi connectivity index (χ1) is 8.60. The van der Waals surface area contributed by atoms with Crippen LogP contribution in [0.3, 0.4) is 0 Å². The van der Waals surface area contributed by atoms with Crippen LogP contribution in [0.2, 0.25) is 0 Å². The SMILES string of the molecule is Cl[Si](Cl)(Cl)P(C12CC3CC(CC(C3)C1)C2)[Si](Cl)(Cl)Cl. The van der Waals surface area contributed by atoms with Gasteiger partial charge < -0.3 is 0 Å². The Morgan fingerprint density at radius 1 is 0.684 bits per heavy atom. The molecule has 0 aromatic rings. The van der Waals surface area contributed by atoms with E-state index in [2.05, 4.69) is 0 Å². The van der Waals surface area contributed by atoms with E-state index in [0.717, 1.165) is 37.0 Å². The van der Waals surface area contributed by atoms with Crippen molar-refractivity contribution < 1.29 is 0 Å². The molecule has 0 aliphatic heterocycles. The molecule has 4 rings (SSSR count). The van der Waals surface area contributed by atoms with Crippen LogP contribution in [0, 0.1) is 17.8 Å². The van der Waals surface area contributed by atoms with E-state index in [0.29, 0.717) is 0 Å². The summed E-state index contributed by atoms with van der Waals surface area (Å²) in [5.41, 5.74) is -5.92. The van der Waals surface area contributed by atoms with Crippen molar-refractivity contribution >= 4 is 84.8 Å². The van der Waals surface area contributed by atoms with Gasteiger partial charge in [-0.15, -0.1) is 66.5 Å². The van der Waals surface area contributed by atoms with Crippen molar-refractivity contribution in [3.8, 4) is 0 Å². The molecule has 4 bridgehead atoms. The van der Waals surface area contributed by atoms with Gasteiger partial charge in [0.15, 0.2) is 0 Å². The third-order valence-electron chi connectivity index (χ3n) is 4.99. The molecule has 0 atom stereocenters. The second-order valence-electron chi connectivity index (χ2n) is 6.41. The molecule has 0 unspecified atom stereocenters. The first-order valence-electron chi connectivity index (χ1n) is 6.54. The number of hydrogen-bond donors (Lipinski definition) is 0. The normalized spacial score (nSPS) is 42.2. The Bertz CT molecular complexity index is 330. The van der Waals surface area contributed by atoms with Crippen LogP contribution in [-0.4, -0.2) is 16.5 Å². The maximum Gasteiger partial charge on any atom is 0.366 e. The molecule has 4 aliphatic rings. The molecule has 110 valence electrons. The molecule has 0 saturated heterocycles. The average Bonchev–Trinajstić information content (AvgIpc) is 2.07. The smallest absolute Gasteiger partial charge is 0.121 e. The molecule has 0 amide bonds. The maximum atomic E-state index is 6.40. The minimum absolute atomic E-state index is 0.0824. The van der Waals surface area contributed by atoms with Gasteiger partial charge in [0.05, 0.1) is 0 Å².